The van der Waals surface area contributed by atoms with E-state index < -0.39 is 0 Å². The van der Waals surface area contributed by atoms with Gasteiger partial charge in [-0.1, -0.05) is 0 Å². The predicted molar refractivity (Wildman–Crippen MR) is 73.9 cm³/mol. The lowest BCUT2D eigenvalue weighted by atomic mass is 9.94. The van der Waals surface area contributed by atoms with Crippen molar-refractivity contribution in [3.63, 3.8) is 0 Å². The summed E-state index contributed by atoms with van der Waals surface area (Å²) in [4.78, 5) is 2.60. The van der Waals surface area contributed by atoms with Gasteiger partial charge in [0.25, 0.3) is 0 Å². The maximum atomic E-state index is 5.67. The van der Waals surface area contributed by atoms with Gasteiger partial charge in [0.15, 0.2) is 0 Å². The van der Waals surface area contributed by atoms with Crippen LogP contribution in [-0.2, 0) is 4.74 Å². The average Bonchev–Trinajstić information content (AvgIpc) is 2.52. The highest BCUT2D eigenvalue weighted by Crippen LogP contribution is 2.17. The Kier molecular flexibility index (Phi) is 7.44. The van der Waals surface area contributed by atoms with Crippen LogP contribution in [0.4, 0.5) is 0 Å². The summed E-state index contributed by atoms with van der Waals surface area (Å²) in [6.45, 7) is 9.24. The highest BCUT2D eigenvalue weighted by molar-refractivity contribution is 5.85. The second kappa shape index (κ2) is 8.30. The van der Waals surface area contributed by atoms with Gasteiger partial charge in [-0.3, -0.25) is 0 Å². The molecule has 1 unspecified atom stereocenters. The second-order valence-electron chi connectivity index (χ2n) is 5.32. The van der Waals surface area contributed by atoms with E-state index >= 15 is 0 Å². The zero-order valence-electron chi connectivity index (χ0n) is 11.0. The van der Waals surface area contributed by atoms with Crippen LogP contribution < -0.4 is 5.32 Å². The molecule has 3 nitrogen and oxygen atoms in total. The smallest absolute Gasteiger partial charge is 0.0673 e. The van der Waals surface area contributed by atoms with E-state index in [2.05, 4.69) is 17.1 Å². The molecule has 2 aliphatic rings. The monoisotopic (exact) mass is 262 g/mol. The Labute approximate surface area is 112 Å². The van der Waals surface area contributed by atoms with E-state index in [1.54, 1.807) is 0 Å². The molecule has 0 aromatic rings. The standard InChI is InChI=1S/C13H26N2O.ClH/c1-12-11-15(8-2-10-16-12)9-5-13-3-6-14-7-4-13;/h12-14H,2-11H2,1H3;1H. The van der Waals surface area contributed by atoms with Crippen molar-refractivity contribution in [3.05, 3.63) is 0 Å². The molecule has 0 aromatic carbocycles. The van der Waals surface area contributed by atoms with Gasteiger partial charge in [-0.25, -0.2) is 0 Å². The normalized spacial score (nSPS) is 28.4. The lowest BCUT2D eigenvalue weighted by Crippen LogP contribution is -2.34. The molecule has 0 saturated carbocycles. The van der Waals surface area contributed by atoms with Crippen LogP contribution in [0, 0.1) is 5.92 Å². The van der Waals surface area contributed by atoms with Crippen LogP contribution >= 0.6 is 12.4 Å². The molecule has 2 fully saturated rings. The lowest BCUT2D eigenvalue weighted by Gasteiger charge is -2.27. The maximum Gasteiger partial charge on any atom is 0.0673 e. The SMILES string of the molecule is CC1CN(CCC2CCNCC2)CCCO1.Cl. The molecule has 1 atom stereocenters. The number of nitrogens with zero attached hydrogens (tertiary/aromatic N) is 1. The van der Waals surface area contributed by atoms with Crippen molar-refractivity contribution in [2.75, 3.05) is 39.3 Å². The first-order chi connectivity index (χ1) is 7.84. The quantitative estimate of drug-likeness (QED) is 0.841. The third kappa shape index (κ3) is 5.56. The van der Waals surface area contributed by atoms with E-state index in [0.29, 0.717) is 6.10 Å². The van der Waals surface area contributed by atoms with Gasteiger partial charge >= 0.3 is 0 Å². The molecule has 0 aliphatic carbocycles. The molecular formula is C13H27ClN2O. The third-order valence-electron chi connectivity index (χ3n) is 3.85. The Morgan fingerprint density at radius 1 is 1.29 bits per heavy atom. The average molecular weight is 263 g/mol. The first kappa shape index (κ1) is 15.2. The van der Waals surface area contributed by atoms with E-state index in [9.17, 15) is 0 Å². The number of piperidine rings is 1. The summed E-state index contributed by atoms with van der Waals surface area (Å²) in [5.74, 6) is 0.959. The van der Waals surface area contributed by atoms with Crippen LogP contribution in [0.3, 0.4) is 0 Å². The first-order valence-corrected chi connectivity index (χ1v) is 6.89. The molecular weight excluding hydrogens is 236 g/mol. The van der Waals surface area contributed by atoms with Crippen molar-refractivity contribution in [1.82, 2.24) is 10.2 Å². The molecule has 102 valence electrons. The van der Waals surface area contributed by atoms with Crippen LogP contribution in [0.25, 0.3) is 0 Å². The van der Waals surface area contributed by atoms with Crippen molar-refractivity contribution >= 4 is 12.4 Å². The van der Waals surface area contributed by atoms with Crippen LogP contribution in [-0.4, -0.2) is 50.3 Å². The van der Waals surface area contributed by atoms with Gasteiger partial charge in [0.2, 0.25) is 0 Å². The van der Waals surface area contributed by atoms with Crippen LogP contribution in [0.15, 0.2) is 0 Å². The summed E-state index contributed by atoms with van der Waals surface area (Å²) in [5, 5.41) is 3.44. The van der Waals surface area contributed by atoms with Crippen molar-refractivity contribution in [3.8, 4) is 0 Å². The highest BCUT2D eigenvalue weighted by atomic mass is 35.5. The van der Waals surface area contributed by atoms with Crippen LogP contribution in [0.5, 0.6) is 0 Å². The van der Waals surface area contributed by atoms with E-state index in [-0.39, 0.29) is 12.4 Å². The number of hydrogen-bond acceptors (Lipinski definition) is 3. The molecule has 2 heterocycles. The number of halogens is 1. The van der Waals surface area contributed by atoms with E-state index in [0.717, 1.165) is 19.1 Å². The molecule has 2 aliphatic heterocycles. The highest BCUT2D eigenvalue weighted by Gasteiger charge is 2.17. The molecule has 0 radical (unpaired) electrons. The fraction of sp³-hybridized carbons (Fsp3) is 1.00. The molecule has 17 heavy (non-hydrogen) atoms. The van der Waals surface area contributed by atoms with Crippen molar-refractivity contribution in [2.24, 2.45) is 5.92 Å². The molecule has 0 aromatic heterocycles. The van der Waals surface area contributed by atoms with E-state index in [1.165, 1.54) is 51.9 Å². The topological polar surface area (TPSA) is 24.5 Å². The molecule has 0 amide bonds. The molecule has 0 spiro atoms. The Bertz CT molecular complexity index is 198. The zero-order valence-corrected chi connectivity index (χ0v) is 11.8. The van der Waals surface area contributed by atoms with Crippen molar-refractivity contribution in [1.29, 1.82) is 0 Å². The van der Waals surface area contributed by atoms with Crippen molar-refractivity contribution in [2.45, 2.75) is 38.7 Å². The summed E-state index contributed by atoms with van der Waals surface area (Å²) in [6, 6.07) is 0. The number of hydrogen-bond donors (Lipinski definition) is 1. The van der Waals surface area contributed by atoms with Gasteiger partial charge < -0.3 is 15.0 Å². The maximum absolute atomic E-state index is 5.67. The van der Waals surface area contributed by atoms with Gasteiger partial charge in [-0.05, 0) is 58.2 Å². The Hall–Kier alpha value is 0.170. The van der Waals surface area contributed by atoms with E-state index in [4.69, 9.17) is 4.74 Å². The third-order valence-corrected chi connectivity index (χ3v) is 3.85. The number of rotatable bonds is 3. The molecule has 2 saturated heterocycles. The minimum Gasteiger partial charge on any atom is -0.377 e. The van der Waals surface area contributed by atoms with Gasteiger partial charge in [0.1, 0.15) is 0 Å². The number of nitrogens with one attached hydrogen (secondary N) is 1. The Morgan fingerprint density at radius 2 is 2.06 bits per heavy atom. The summed E-state index contributed by atoms with van der Waals surface area (Å²) in [7, 11) is 0. The van der Waals surface area contributed by atoms with Crippen molar-refractivity contribution < 1.29 is 4.74 Å². The predicted octanol–water partition coefficient (Wildman–Crippen LogP) is 1.91. The summed E-state index contributed by atoms with van der Waals surface area (Å²) >= 11 is 0. The van der Waals surface area contributed by atoms with Crippen LogP contribution in [0.1, 0.15) is 32.6 Å². The Morgan fingerprint density at radius 3 is 2.82 bits per heavy atom. The summed E-state index contributed by atoms with van der Waals surface area (Å²) in [5.41, 5.74) is 0. The number of ether oxygens (including phenoxy) is 1. The van der Waals surface area contributed by atoms with Gasteiger partial charge in [-0.15, -0.1) is 12.4 Å². The fourth-order valence-corrected chi connectivity index (χ4v) is 2.82. The minimum atomic E-state index is 0. The largest absolute Gasteiger partial charge is 0.377 e. The molecule has 1 N–H and O–H groups in total. The molecule has 0 bridgehead atoms. The Balaban J connectivity index is 0.00000144. The second-order valence-corrected chi connectivity index (χ2v) is 5.32. The molecule has 4 heteroatoms. The summed E-state index contributed by atoms with van der Waals surface area (Å²) < 4.78 is 5.67. The molecule has 2 rings (SSSR count). The van der Waals surface area contributed by atoms with E-state index in [1.807, 2.05) is 0 Å². The van der Waals surface area contributed by atoms with Crippen LogP contribution in [0.2, 0.25) is 0 Å². The lowest BCUT2D eigenvalue weighted by molar-refractivity contribution is 0.0667. The fourth-order valence-electron chi connectivity index (χ4n) is 2.82. The summed E-state index contributed by atoms with van der Waals surface area (Å²) in [6.07, 6.45) is 5.76. The van der Waals surface area contributed by atoms with Gasteiger partial charge in [0.05, 0.1) is 6.10 Å². The van der Waals surface area contributed by atoms with Gasteiger partial charge in [0, 0.05) is 19.7 Å². The first-order valence-electron chi connectivity index (χ1n) is 6.89. The minimum absolute atomic E-state index is 0. The van der Waals surface area contributed by atoms with Gasteiger partial charge in [-0.2, -0.15) is 0 Å². The zero-order chi connectivity index (χ0) is 11.2.